The highest BCUT2D eigenvalue weighted by molar-refractivity contribution is 6.02. The van der Waals surface area contributed by atoms with Crippen LogP contribution in [-0.4, -0.2) is 44.0 Å². The molecule has 8 nitrogen and oxygen atoms in total. The van der Waals surface area contributed by atoms with E-state index in [9.17, 15) is 9.59 Å². The van der Waals surface area contributed by atoms with Gasteiger partial charge in [-0.3, -0.25) is 14.5 Å². The van der Waals surface area contributed by atoms with Gasteiger partial charge >= 0.3 is 0 Å². The fourth-order valence-corrected chi connectivity index (χ4v) is 2.69. The quantitative estimate of drug-likeness (QED) is 0.576. The van der Waals surface area contributed by atoms with Crippen LogP contribution in [0.3, 0.4) is 0 Å². The molecule has 0 radical (unpaired) electrons. The van der Waals surface area contributed by atoms with Crippen LogP contribution in [0.1, 0.15) is 22.4 Å². The Hall–Kier alpha value is -3.52. The van der Waals surface area contributed by atoms with Gasteiger partial charge in [0.15, 0.2) is 12.4 Å². The zero-order valence-electron chi connectivity index (χ0n) is 16.3. The first kappa shape index (κ1) is 20.2. The fourth-order valence-electron chi connectivity index (χ4n) is 2.69. The van der Waals surface area contributed by atoms with E-state index < -0.39 is 0 Å². The van der Waals surface area contributed by atoms with Gasteiger partial charge in [-0.25, -0.2) is 0 Å². The summed E-state index contributed by atoms with van der Waals surface area (Å²) in [7, 11) is 3.83. The lowest BCUT2D eigenvalue weighted by Crippen LogP contribution is -2.36. The summed E-state index contributed by atoms with van der Waals surface area (Å²) in [6.07, 6.45) is 3.04. The van der Waals surface area contributed by atoms with Gasteiger partial charge in [-0.05, 0) is 50.5 Å². The van der Waals surface area contributed by atoms with E-state index in [0.29, 0.717) is 18.0 Å². The van der Waals surface area contributed by atoms with Crippen molar-refractivity contribution < 1.29 is 23.2 Å². The molecule has 3 rings (SSSR count). The molecule has 152 valence electrons. The molecule has 0 bridgehead atoms. The number of rotatable bonds is 9. The van der Waals surface area contributed by atoms with Crippen LogP contribution in [0, 0.1) is 0 Å². The number of hydrogen-bond donors (Lipinski definition) is 2. The van der Waals surface area contributed by atoms with Crippen molar-refractivity contribution in [1.82, 2.24) is 10.2 Å². The number of nitrogens with zero attached hydrogens (tertiary/aromatic N) is 1. The van der Waals surface area contributed by atoms with E-state index in [2.05, 4.69) is 10.6 Å². The van der Waals surface area contributed by atoms with Crippen molar-refractivity contribution in [1.29, 1.82) is 0 Å². The van der Waals surface area contributed by atoms with Crippen LogP contribution in [0.25, 0.3) is 0 Å². The highest BCUT2D eigenvalue weighted by atomic mass is 16.5. The van der Waals surface area contributed by atoms with Crippen molar-refractivity contribution in [3.63, 3.8) is 0 Å². The van der Waals surface area contributed by atoms with Gasteiger partial charge in [-0.15, -0.1) is 0 Å². The molecular formula is C21H23N3O5. The van der Waals surface area contributed by atoms with E-state index in [0.717, 1.165) is 5.76 Å². The second-order valence-electron chi connectivity index (χ2n) is 6.55. The molecule has 0 saturated heterocycles. The van der Waals surface area contributed by atoms with Gasteiger partial charge in [0.2, 0.25) is 0 Å². The standard InChI is InChI=1S/C21H23N3O5/c1-24(2)17(18-8-4-10-27-18)13-22-20(25)14-29-16-7-3-6-15(12-16)23-21(26)19-9-5-11-28-19/h3-12,17H,13-14H2,1-2H3,(H,22,25)(H,23,26)/t17-/m0/s1. The van der Waals surface area contributed by atoms with Crippen LogP contribution in [0.4, 0.5) is 5.69 Å². The number of likely N-dealkylation sites (N-methyl/N-ethyl adjacent to an activating group) is 1. The van der Waals surface area contributed by atoms with Gasteiger partial charge in [0.1, 0.15) is 11.5 Å². The number of amides is 2. The molecule has 0 unspecified atom stereocenters. The highest BCUT2D eigenvalue weighted by Gasteiger charge is 2.18. The summed E-state index contributed by atoms with van der Waals surface area (Å²) in [6.45, 7) is 0.246. The lowest BCUT2D eigenvalue weighted by atomic mass is 10.2. The average Bonchev–Trinajstić information content (AvgIpc) is 3.41. The normalized spacial score (nSPS) is 11.8. The molecule has 0 saturated carbocycles. The third-order valence-corrected chi connectivity index (χ3v) is 4.19. The number of ether oxygens (including phenoxy) is 1. The zero-order valence-corrected chi connectivity index (χ0v) is 16.3. The van der Waals surface area contributed by atoms with E-state index >= 15 is 0 Å². The van der Waals surface area contributed by atoms with Crippen LogP contribution < -0.4 is 15.4 Å². The number of hydrogen-bond acceptors (Lipinski definition) is 6. The first-order valence-electron chi connectivity index (χ1n) is 9.07. The number of anilines is 1. The molecule has 8 heteroatoms. The predicted octanol–water partition coefficient (Wildman–Crippen LogP) is 2.92. The molecule has 2 heterocycles. The molecule has 2 aromatic heterocycles. The first-order valence-corrected chi connectivity index (χ1v) is 9.07. The molecule has 3 aromatic rings. The summed E-state index contributed by atoms with van der Waals surface area (Å²) in [5.41, 5.74) is 0.537. The van der Waals surface area contributed by atoms with E-state index in [1.807, 2.05) is 31.1 Å². The summed E-state index contributed by atoms with van der Waals surface area (Å²) >= 11 is 0. The smallest absolute Gasteiger partial charge is 0.291 e. The first-order chi connectivity index (χ1) is 14.0. The maximum atomic E-state index is 12.2. The third kappa shape index (κ3) is 5.73. The minimum atomic E-state index is -0.363. The van der Waals surface area contributed by atoms with Crippen molar-refractivity contribution >= 4 is 17.5 Å². The Kier molecular flexibility index (Phi) is 6.70. The maximum absolute atomic E-state index is 12.2. The average molecular weight is 397 g/mol. The predicted molar refractivity (Wildman–Crippen MR) is 107 cm³/mol. The molecule has 0 aliphatic heterocycles. The number of carbonyl (C=O) groups is 2. The number of furan rings is 2. The van der Waals surface area contributed by atoms with Crippen molar-refractivity contribution in [2.75, 3.05) is 32.6 Å². The molecule has 1 atom stereocenters. The summed E-state index contributed by atoms with van der Waals surface area (Å²) in [6, 6.07) is 13.6. The third-order valence-electron chi connectivity index (χ3n) is 4.19. The van der Waals surface area contributed by atoms with Gasteiger partial charge < -0.3 is 24.2 Å². The second-order valence-corrected chi connectivity index (χ2v) is 6.55. The van der Waals surface area contributed by atoms with Crippen molar-refractivity contribution in [2.24, 2.45) is 0 Å². The zero-order chi connectivity index (χ0) is 20.6. The Morgan fingerprint density at radius 1 is 1.07 bits per heavy atom. The number of benzene rings is 1. The van der Waals surface area contributed by atoms with Crippen LogP contribution in [-0.2, 0) is 4.79 Å². The van der Waals surface area contributed by atoms with Crippen molar-refractivity contribution in [3.8, 4) is 5.75 Å². The highest BCUT2D eigenvalue weighted by Crippen LogP contribution is 2.19. The Balaban J connectivity index is 1.49. The van der Waals surface area contributed by atoms with Gasteiger partial charge in [0.25, 0.3) is 11.8 Å². The molecule has 0 aliphatic rings. The number of nitrogens with one attached hydrogen (secondary N) is 2. The van der Waals surface area contributed by atoms with Gasteiger partial charge in [0, 0.05) is 18.3 Å². The summed E-state index contributed by atoms with van der Waals surface area (Å²) in [5, 5.41) is 5.55. The SMILES string of the molecule is CN(C)[C@@H](CNC(=O)COc1cccc(NC(=O)c2ccco2)c1)c1ccco1. The molecule has 2 N–H and O–H groups in total. The molecule has 2 amide bonds. The number of carbonyl (C=O) groups excluding carboxylic acids is 2. The minimum absolute atomic E-state index is 0.0749. The molecule has 29 heavy (non-hydrogen) atoms. The van der Waals surface area contributed by atoms with E-state index in [1.54, 1.807) is 42.7 Å². The maximum Gasteiger partial charge on any atom is 0.291 e. The second kappa shape index (κ2) is 9.61. The van der Waals surface area contributed by atoms with Crippen LogP contribution >= 0.6 is 0 Å². The summed E-state index contributed by atoms with van der Waals surface area (Å²) in [5.74, 6) is 0.831. The van der Waals surface area contributed by atoms with E-state index in [4.69, 9.17) is 13.6 Å². The van der Waals surface area contributed by atoms with Gasteiger partial charge in [-0.2, -0.15) is 0 Å². The minimum Gasteiger partial charge on any atom is -0.484 e. The van der Waals surface area contributed by atoms with Crippen molar-refractivity contribution in [3.05, 3.63) is 72.6 Å². The Morgan fingerprint density at radius 2 is 1.86 bits per heavy atom. The Bertz CT molecular complexity index is 920. The fraction of sp³-hybridized carbons (Fsp3) is 0.238. The molecule has 0 fully saturated rings. The lowest BCUT2D eigenvalue weighted by Gasteiger charge is -2.22. The molecule has 0 spiro atoms. The Labute approximate surface area is 168 Å². The molecule has 1 aromatic carbocycles. The summed E-state index contributed by atoms with van der Waals surface area (Å²) in [4.78, 5) is 26.2. The van der Waals surface area contributed by atoms with Crippen LogP contribution in [0.2, 0.25) is 0 Å². The van der Waals surface area contributed by atoms with Crippen molar-refractivity contribution in [2.45, 2.75) is 6.04 Å². The van der Waals surface area contributed by atoms with Crippen LogP contribution in [0.15, 0.2) is 69.9 Å². The summed E-state index contributed by atoms with van der Waals surface area (Å²) < 4.78 is 16.0. The van der Waals surface area contributed by atoms with E-state index in [-0.39, 0.29) is 30.2 Å². The van der Waals surface area contributed by atoms with Gasteiger partial charge in [0.05, 0.1) is 18.6 Å². The topological polar surface area (TPSA) is 97.0 Å². The Morgan fingerprint density at radius 3 is 2.55 bits per heavy atom. The van der Waals surface area contributed by atoms with Gasteiger partial charge in [-0.1, -0.05) is 6.07 Å². The van der Waals surface area contributed by atoms with E-state index in [1.165, 1.54) is 6.26 Å². The monoisotopic (exact) mass is 397 g/mol. The van der Waals surface area contributed by atoms with Crippen LogP contribution in [0.5, 0.6) is 5.75 Å². The lowest BCUT2D eigenvalue weighted by molar-refractivity contribution is -0.123. The molecule has 0 aliphatic carbocycles. The molecular weight excluding hydrogens is 374 g/mol. The largest absolute Gasteiger partial charge is 0.484 e.